The van der Waals surface area contributed by atoms with E-state index in [0.29, 0.717) is 5.92 Å². The molecule has 3 nitrogen and oxygen atoms in total. The molecule has 0 radical (unpaired) electrons. The molecule has 3 N–H and O–H groups in total. The summed E-state index contributed by atoms with van der Waals surface area (Å²) in [7, 11) is 0. The van der Waals surface area contributed by atoms with Crippen LogP contribution in [0, 0.1) is 0 Å². The van der Waals surface area contributed by atoms with E-state index in [0.717, 1.165) is 25.3 Å². The monoisotopic (exact) mass is 300 g/mol. The van der Waals surface area contributed by atoms with Crippen LogP contribution in [0.5, 0.6) is 0 Å². The van der Waals surface area contributed by atoms with E-state index < -0.39 is 0 Å². The van der Waals surface area contributed by atoms with Crippen LogP contribution in [0.1, 0.15) is 55.6 Å². The number of rotatable bonds is 4. The Balaban J connectivity index is 1.74. The van der Waals surface area contributed by atoms with Crippen molar-refractivity contribution in [2.75, 3.05) is 32.0 Å². The van der Waals surface area contributed by atoms with E-state index >= 15 is 0 Å². The smallest absolute Gasteiger partial charge is 0.0558 e. The van der Waals surface area contributed by atoms with E-state index in [1.165, 1.54) is 55.2 Å². The van der Waals surface area contributed by atoms with Gasteiger partial charge in [0.15, 0.2) is 0 Å². The number of hydrogen-bond donors (Lipinski definition) is 2. The quantitative estimate of drug-likeness (QED) is 0.838. The number of hydrogen-bond acceptors (Lipinski definition) is 3. The number of benzene rings is 1. The highest BCUT2D eigenvalue weighted by Gasteiger charge is 2.21. The Hall–Kier alpha value is -1.32. The van der Waals surface area contributed by atoms with Gasteiger partial charge < -0.3 is 15.7 Å². The summed E-state index contributed by atoms with van der Waals surface area (Å²) in [6.07, 6.45) is 9.70. The second-order valence-corrected chi connectivity index (χ2v) is 6.66. The number of piperidine rings is 1. The predicted octanol–water partition coefficient (Wildman–Crippen LogP) is 3.40. The summed E-state index contributed by atoms with van der Waals surface area (Å²) in [5.74, 6) is 0.637. The van der Waals surface area contributed by atoms with Gasteiger partial charge in [-0.1, -0.05) is 12.1 Å². The zero-order chi connectivity index (χ0) is 15.4. The molecule has 1 aliphatic heterocycles. The fourth-order valence-corrected chi connectivity index (χ4v) is 3.82. The van der Waals surface area contributed by atoms with Crippen molar-refractivity contribution in [3.8, 4) is 0 Å². The molecule has 1 fully saturated rings. The maximum Gasteiger partial charge on any atom is 0.0558 e. The van der Waals surface area contributed by atoms with Gasteiger partial charge in [0.1, 0.15) is 0 Å². The first-order valence-electron chi connectivity index (χ1n) is 8.70. The lowest BCUT2D eigenvalue weighted by atomic mass is 9.85. The van der Waals surface area contributed by atoms with Gasteiger partial charge in [-0.2, -0.15) is 0 Å². The second-order valence-electron chi connectivity index (χ2n) is 6.66. The lowest BCUT2D eigenvalue weighted by Gasteiger charge is -2.32. The molecule has 2 aliphatic rings. The molecule has 1 saturated heterocycles. The minimum absolute atomic E-state index is 0.269. The van der Waals surface area contributed by atoms with Crippen molar-refractivity contribution in [1.82, 2.24) is 4.90 Å². The molecule has 0 bridgehead atoms. The van der Waals surface area contributed by atoms with Gasteiger partial charge in [-0.25, -0.2) is 0 Å². The molecule has 3 heteroatoms. The van der Waals surface area contributed by atoms with Crippen LogP contribution < -0.4 is 5.73 Å². The molecule has 1 aromatic rings. The van der Waals surface area contributed by atoms with E-state index in [-0.39, 0.29) is 6.61 Å². The van der Waals surface area contributed by atoms with Crippen molar-refractivity contribution < 1.29 is 5.11 Å². The van der Waals surface area contributed by atoms with Crippen LogP contribution in [-0.2, 0) is 0 Å². The Kier molecular flexibility index (Phi) is 5.16. The van der Waals surface area contributed by atoms with Crippen molar-refractivity contribution in [3.63, 3.8) is 0 Å². The van der Waals surface area contributed by atoms with E-state index in [4.69, 9.17) is 10.8 Å². The fourth-order valence-electron chi connectivity index (χ4n) is 3.82. The number of nitrogens with two attached hydrogens (primary N) is 1. The summed E-state index contributed by atoms with van der Waals surface area (Å²) in [6.45, 7) is 3.26. The van der Waals surface area contributed by atoms with Gasteiger partial charge in [0.25, 0.3) is 0 Å². The normalized spacial score (nSPS) is 20.9. The van der Waals surface area contributed by atoms with E-state index in [2.05, 4.69) is 29.2 Å². The molecular weight excluding hydrogens is 272 g/mol. The summed E-state index contributed by atoms with van der Waals surface area (Å²) >= 11 is 0. The third-order valence-electron chi connectivity index (χ3n) is 5.19. The van der Waals surface area contributed by atoms with E-state index in [9.17, 15) is 0 Å². The predicted molar refractivity (Wildman–Crippen MR) is 92.8 cm³/mol. The number of aliphatic hydroxyl groups excluding tert-OH is 1. The molecule has 1 aliphatic carbocycles. The number of allylic oxidation sites excluding steroid dienone is 2. The minimum atomic E-state index is 0.269. The first-order chi connectivity index (χ1) is 10.8. The number of likely N-dealkylation sites (tertiary alicyclic amines) is 1. The van der Waals surface area contributed by atoms with Crippen molar-refractivity contribution in [1.29, 1.82) is 0 Å². The molecular formula is C19H28N2O. The molecule has 0 saturated carbocycles. The lowest BCUT2D eigenvalue weighted by molar-refractivity contribution is 0.164. The number of β-amino-alcohol motifs (C(OH)–C–C–N with tert-alkyl or cyclic N) is 1. The highest BCUT2D eigenvalue weighted by molar-refractivity contribution is 5.76. The van der Waals surface area contributed by atoms with Crippen LogP contribution in [-0.4, -0.2) is 36.2 Å². The molecule has 120 valence electrons. The van der Waals surface area contributed by atoms with Gasteiger partial charge in [0.05, 0.1) is 6.61 Å². The third-order valence-corrected chi connectivity index (χ3v) is 5.19. The standard InChI is InChI=1S/C19H28N2O/c20-19-7-6-17(14-18(19)16-4-2-1-3-5-16)15-8-10-21(11-9-15)12-13-22/h4,6-7,14-15,22H,1-3,5,8-13,20H2. The van der Waals surface area contributed by atoms with Gasteiger partial charge in [-0.3, -0.25) is 0 Å². The van der Waals surface area contributed by atoms with Crippen LogP contribution in [0.3, 0.4) is 0 Å². The summed E-state index contributed by atoms with van der Waals surface area (Å²) in [5, 5.41) is 9.05. The minimum Gasteiger partial charge on any atom is -0.398 e. The van der Waals surface area contributed by atoms with Crippen molar-refractivity contribution in [2.45, 2.75) is 44.4 Å². The summed E-state index contributed by atoms with van der Waals surface area (Å²) in [6, 6.07) is 6.66. The van der Waals surface area contributed by atoms with Crippen molar-refractivity contribution in [3.05, 3.63) is 35.4 Å². The third kappa shape index (κ3) is 3.53. The van der Waals surface area contributed by atoms with Crippen LogP contribution >= 0.6 is 0 Å². The molecule has 0 unspecified atom stereocenters. The first kappa shape index (κ1) is 15.6. The van der Waals surface area contributed by atoms with Crippen molar-refractivity contribution >= 4 is 11.3 Å². The van der Waals surface area contributed by atoms with Crippen LogP contribution in [0.2, 0.25) is 0 Å². The van der Waals surface area contributed by atoms with Gasteiger partial charge in [-0.15, -0.1) is 0 Å². The van der Waals surface area contributed by atoms with Gasteiger partial charge in [0, 0.05) is 17.8 Å². The van der Waals surface area contributed by atoms with Crippen LogP contribution in [0.25, 0.3) is 5.57 Å². The molecule has 3 rings (SSSR count). The topological polar surface area (TPSA) is 49.5 Å². The Labute approximate surface area is 133 Å². The molecule has 0 amide bonds. The highest BCUT2D eigenvalue weighted by Crippen LogP contribution is 2.35. The number of nitrogens with zero attached hydrogens (tertiary/aromatic N) is 1. The largest absolute Gasteiger partial charge is 0.398 e. The lowest BCUT2D eigenvalue weighted by Crippen LogP contribution is -2.34. The molecule has 22 heavy (non-hydrogen) atoms. The second kappa shape index (κ2) is 7.30. The van der Waals surface area contributed by atoms with Gasteiger partial charge >= 0.3 is 0 Å². The van der Waals surface area contributed by atoms with Crippen LogP contribution in [0.4, 0.5) is 5.69 Å². The maximum atomic E-state index is 9.05. The van der Waals surface area contributed by atoms with Gasteiger partial charge in [0.2, 0.25) is 0 Å². The molecule has 0 spiro atoms. The SMILES string of the molecule is Nc1ccc(C2CCN(CCO)CC2)cc1C1=CCCCC1. The zero-order valence-electron chi connectivity index (χ0n) is 13.4. The Morgan fingerprint density at radius 1 is 1.18 bits per heavy atom. The maximum absolute atomic E-state index is 9.05. The van der Waals surface area contributed by atoms with Gasteiger partial charge in [-0.05, 0) is 80.8 Å². The first-order valence-corrected chi connectivity index (χ1v) is 8.70. The van der Waals surface area contributed by atoms with E-state index in [1.54, 1.807) is 0 Å². The average molecular weight is 300 g/mol. The fraction of sp³-hybridized carbons (Fsp3) is 0.579. The average Bonchev–Trinajstić information content (AvgIpc) is 2.57. The highest BCUT2D eigenvalue weighted by atomic mass is 16.3. The molecule has 1 heterocycles. The molecule has 0 atom stereocenters. The van der Waals surface area contributed by atoms with Crippen LogP contribution in [0.15, 0.2) is 24.3 Å². The summed E-state index contributed by atoms with van der Waals surface area (Å²) in [5.41, 5.74) is 11.3. The number of aliphatic hydroxyl groups is 1. The summed E-state index contributed by atoms with van der Waals surface area (Å²) < 4.78 is 0. The zero-order valence-corrected chi connectivity index (χ0v) is 13.4. The number of nitrogen functional groups attached to an aromatic ring is 1. The molecule has 0 aromatic heterocycles. The Bertz CT molecular complexity index is 530. The van der Waals surface area contributed by atoms with E-state index in [1.807, 2.05) is 0 Å². The number of anilines is 1. The van der Waals surface area contributed by atoms with Crippen molar-refractivity contribution in [2.24, 2.45) is 0 Å². The summed E-state index contributed by atoms with van der Waals surface area (Å²) in [4.78, 5) is 2.36. The Morgan fingerprint density at radius 3 is 2.68 bits per heavy atom. The Morgan fingerprint density at radius 2 is 2.00 bits per heavy atom. The molecule has 1 aromatic carbocycles.